The first-order valence-electron chi connectivity index (χ1n) is 14.3. The van der Waals surface area contributed by atoms with Gasteiger partial charge in [0.25, 0.3) is 5.56 Å². The zero-order valence-electron chi connectivity index (χ0n) is 24.0. The van der Waals surface area contributed by atoms with E-state index in [2.05, 4.69) is 10.6 Å². The van der Waals surface area contributed by atoms with Crippen LogP contribution in [0.25, 0.3) is 11.1 Å². The SMILES string of the molecule is CNCCn1c(=O)c(-c2cccc(C)c2C)cn(CC(=O)N2CCC(N3CCc4ccccc4NC3=O)CC2)c1=O. The lowest BCUT2D eigenvalue weighted by Crippen LogP contribution is -2.51. The van der Waals surface area contributed by atoms with Gasteiger partial charge in [0.05, 0.1) is 5.56 Å². The number of nitrogens with one attached hydrogen (secondary N) is 2. The summed E-state index contributed by atoms with van der Waals surface area (Å²) in [4.78, 5) is 56.8. The second kappa shape index (κ2) is 12.1. The number of aryl methyl sites for hydroxylation is 1. The Morgan fingerprint density at radius 1 is 0.976 bits per heavy atom. The Labute approximate surface area is 239 Å². The molecule has 3 amide bonds. The fourth-order valence-electron chi connectivity index (χ4n) is 5.83. The van der Waals surface area contributed by atoms with E-state index in [1.807, 2.05) is 61.2 Å². The maximum Gasteiger partial charge on any atom is 0.331 e. The zero-order valence-corrected chi connectivity index (χ0v) is 24.0. The van der Waals surface area contributed by atoms with E-state index in [1.165, 1.54) is 15.3 Å². The molecule has 1 fully saturated rings. The van der Waals surface area contributed by atoms with Gasteiger partial charge in [-0.25, -0.2) is 9.59 Å². The number of amides is 3. The van der Waals surface area contributed by atoms with E-state index in [-0.39, 0.29) is 36.6 Å². The van der Waals surface area contributed by atoms with Crippen molar-refractivity contribution >= 4 is 17.6 Å². The Hall–Kier alpha value is -4.18. The molecule has 3 aromatic rings. The van der Waals surface area contributed by atoms with Gasteiger partial charge in [0, 0.05) is 50.6 Å². The van der Waals surface area contributed by atoms with Crippen molar-refractivity contribution in [3.8, 4) is 11.1 Å². The van der Waals surface area contributed by atoms with Crippen LogP contribution in [0.5, 0.6) is 0 Å². The van der Waals surface area contributed by atoms with Crippen molar-refractivity contribution in [1.29, 1.82) is 0 Å². The maximum atomic E-state index is 13.4. The monoisotopic (exact) mass is 558 g/mol. The number of carbonyl (C=O) groups is 2. The molecule has 0 radical (unpaired) electrons. The molecule has 2 aliphatic heterocycles. The summed E-state index contributed by atoms with van der Waals surface area (Å²) in [6.45, 7) is 6.06. The van der Waals surface area contributed by atoms with Gasteiger partial charge in [-0.2, -0.15) is 0 Å². The van der Waals surface area contributed by atoms with Crippen LogP contribution in [0.3, 0.4) is 0 Å². The molecule has 3 heterocycles. The molecular weight excluding hydrogens is 520 g/mol. The summed E-state index contributed by atoms with van der Waals surface area (Å²) in [5.41, 5.74) is 4.29. The van der Waals surface area contributed by atoms with Crippen LogP contribution in [-0.2, 0) is 24.3 Å². The third-order valence-corrected chi connectivity index (χ3v) is 8.42. The average Bonchev–Trinajstić information content (AvgIpc) is 3.14. The number of rotatable bonds is 7. The van der Waals surface area contributed by atoms with Crippen LogP contribution >= 0.6 is 0 Å². The summed E-state index contributed by atoms with van der Waals surface area (Å²) in [5.74, 6) is -0.177. The topological polar surface area (TPSA) is 109 Å². The predicted octanol–water partition coefficient (Wildman–Crippen LogP) is 2.59. The summed E-state index contributed by atoms with van der Waals surface area (Å²) in [6.07, 6.45) is 3.65. The van der Waals surface area contributed by atoms with Crippen molar-refractivity contribution in [2.75, 3.05) is 38.5 Å². The minimum Gasteiger partial charge on any atom is -0.341 e. The van der Waals surface area contributed by atoms with Crippen LogP contribution in [0.4, 0.5) is 10.5 Å². The summed E-state index contributed by atoms with van der Waals surface area (Å²) in [7, 11) is 1.76. The molecule has 1 aromatic heterocycles. The molecule has 2 aromatic carbocycles. The van der Waals surface area contributed by atoms with Gasteiger partial charge in [-0.3, -0.25) is 18.7 Å². The first-order chi connectivity index (χ1) is 19.8. The van der Waals surface area contributed by atoms with E-state index in [1.54, 1.807) is 11.9 Å². The zero-order chi connectivity index (χ0) is 29.1. The molecule has 2 aliphatic rings. The number of likely N-dealkylation sites (N-methyl/N-ethyl adjacent to an activating group) is 1. The molecule has 0 bridgehead atoms. The lowest BCUT2D eigenvalue weighted by atomic mass is 9.99. The molecule has 5 rings (SSSR count). The highest BCUT2D eigenvalue weighted by Gasteiger charge is 2.31. The van der Waals surface area contributed by atoms with E-state index in [0.717, 1.165) is 34.4 Å². The number of urea groups is 1. The van der Waals surface area contributed by atoms with Gasteiger partial charge < -0.3 is 20.4 Å². The summed E-state index contributed by atoms with van der Waals surface area (Å²) in [6, 6.07) is 13.5. The highest BCUT2D eigenvalue weighted by Crippen LogP contribution is 2.25. The second-order valence-electron chi connectivity index (χ2n) is 10.9. The molecule has 0 spiro atoms. The van der Waals surface area contributed by atoms with E-state index in [9.17, 15) is 19.2 Å². The van der Waals surface area contributed by atoms with Crippen molar-refractivity contribution in [2.24, 2.45) is 0 Å². The van der Waals surface area contributed by atoms with Crippen LogP contribution in [0, 0.1) is 13.8 Å². The van der Waals surface area contributed by atoms with Crippen molar-refractivity contribution in [2.45, 2.75) is 52.2 Å². The molecule has 0 atom stereocenters. The standard InChI is InChI=1S/C31H38N6O4/c1-21-7-6-9-25(22(21)2)26-19-35(31(41)37(29(26)39)18-14-32-3)20-28(38)34-15-12-24(13-16-34)36-17-11-23-8-4-5-10-27(23)33-30(36)40/h4-10,19,24,32H,11-18,20H2,1-3H3,(H,33,40). The Bertz CT molecular complexity index is 1570. The lowest BCUT2D eigenvalue weighted by Gasteiger charge is -2.38. The third-order valence-electron chi connectivity index (χ3n) is 8.42. The smallest absolute Gasteiger partial charge is 0.331 e. The first-order valence-corrected chi connectivity index (χ1v) is 14.3. The molecule has 0 aliphatic carbocycles. The van der Waals surface area contributed by atoms with Crippen molar-refractivity contribution in [3.63, 3.8) is 0 Å². The number of anilines is 1. The summed E-state index contributed by atoms with van der Waals surface area (Å²) < 4.78 is 2.57. The maximum absolute atomic E-state index is 13.4. The number of carbonyl (C=O) groups excluding carboxylic acids is 2. The lowest BCUT2D eigenvalue weighted by molar-refractivity contribution is -0.133. The Morgan fingerprint density at radius 2 is 1.73 bits per heavy atom. The van der Waals surface area contributed by atoms with Gasteiger partial charge in [-0.15, -0.1) is 0 Å². The Kier molecular flexibility index (Phi) is 8.39. The van der Waals surface area contributed by atoms with Crippen LogP contribution in [0.2, 0.25) is 0 Å². The third kappa shape index (κ3) is 5.83. The molecule has 0 unspecified atom stereocenters. The van der Waals surface area contributed by atoms with Gasteiger partial charge in [0.1, 0.15) is 6.54 Å². The number of hydrogen-bond acceptors (Lipinski definition) is 5. The number of fused-ring (bicyclic) bond motifs is 1. The molecule has 1 saturated heterocycles. The molecule has 2 N–H and O–H groups in total. The van der Waals surface area contributed by atoms with E-state index >= 15 is 0 Å². The van der Waals surface area contributed by atoms with Gasteiger partial charge in [-0.05, 0) is 68.5 Å². The van der Waals surface area contributed by atoms with Gasteiger partial charge in [0.2, 0.25) is 5.91 Å². The van der Waals surface area contributed by atoms with Crippen molar-refractivity contribution in [3.05, 3.63) is 86.2 Å². The predicted molar refractivity (Wildman–Crippen MR) is 159 cm³/mol. The van der Waals surface area contributed by atoms with Crippen LogP contribution in [0.1, 0.15) is 29.5 Å². The molecule has 216 valence electrons. The molecule has 10 heteroatoms. The van der Waals surface area contributed by atoms with Gasteiger partial charge in [-0.1, -0.05) is 36.4 Å². The first kappa shape index (κ1) is 28.4. The molecular formula is C31H38N6O4. The Morgan fingerprint density at radius 3 is 2.49 bits per heavy atom. The highest BCUT2D eigenvalue weighted by atomic mass is 16.2. The highest BCUT2D eigenvalue weighted by molar-refractivity contribution is 5.91. The minimum atomic E-state index is -0.497. The number of likely N-dealkylation sites (tertiary alicyclic amines) is 1. The second-order valence-corrected chi connectivity index (χ2v) is 10.9. The van der Waals surface area contributed by atoms with E-state index < -0.39 is 5.69 Å². The number of nitrogens with zero attached hydrogens (tertiary/aromatic N) is 4. The van der Waals surface area contributed by atoms with E-state index in [4.69, 9.17) is 0 Å². The number of piperidine rings is 1. The minimum absolute atomic E-state index is 0.0374. The van der Waals surface area contributed by atoms with Crippen molar-refractivity contribution < 1.29 is 9.59 Å². The molecule has 0 saturated carbocycles. The quantitative estimate of drug-likeness (QED) is 0.464. The van der Waals surface area contributed by atoms with Gasteiger partial charge >= 0.3 is 11.7 Å². The van der Waals surface area contributed by atoms with Gasteiger partial charge in [0.15, 0.2) is 0 Å². The van der Waals surface area contributed by atoms with Crippen molar-refractivity contribution in [1.82, 2.24) is 24.3 Å². The van der Waals surface area contributed by atoms with Crippen LogP contribution in [0.15, 0.2) is 58.3 Å². The summed E-state index contributed by atoms with van der Waals surface area (Å²) in [5, 5.41) is 6.02. The normalized spacial score (nSPS) is 15.8. The number of aromatic nitrogens is 2. The molecule has 10 nitrogen and oxygen atoms in total. The Balaban J connectivity index is 1.32. The average molecular weight is 559 g/mol. The fourth-order valence-corrected chi connectivity index (χ4v) is 5.83. The molecule has 41 heavy (non-hydrogen) atoms. The van der Waals surface area contributed by atoms with Crippen LogP contribution in [-0.4, -0.2) is 70.1 Å². The largest absolute Gasteiger partial charge is 0.341 e. The number of para-hydroxylation sites is 1. The van der Waals surface area contributed by atoms with Crippen LogP contribution < -0.4 is 21.9 Å². The number of benzene rings is 2. The summed E-state index contributed by atoms with van der Waals surface area (Å²) >= 11 is 0. The number of hydrogen-bond donors (Lipinski definition) is 2. The van der Waals surface area contributed by atoms with E-state index in [0.29, 0.717) is 44.6 Å². The fraction of sp³-hybridized carbons (Fsp3) is 0.419.